The average Bonchev–Trinajstić information content (AvgIpc) is 3.13. The van der Waals surface area contributed by atoms with Crippen LogP contribution in [0.1, 0.15) is 24.3 Å². The molecule has 138 valence electrons. The van der Waals surface area contributed by atoms with Gasteiger partial charge in [0, 0.05) is 38.3 Å². The minimum atomic E-state index is -0.371. The molecule has 2 aromatic rings. The van der Waals surface area contributed by atoms with Crippen LogP contribution in [-0.2, 0) is 11.8 Å². The van der Waals surface area contributed by atoms with E-state index in [0.29, 0.717) is 30.5 Å². The van der Waals surface area contributed by atoms with Crippen LogP contribution >= 0.6 is 0 Å². The molecule has 1 saturated carbocycles. The third kappa shape index (κ3) is 3.72. The molecular weight excluding hydrogens is 335 g/mol. The summed E-state index contributed by atoms with van der Waals surface area (Å²) in [4.78, 5) is 12.9. The second-order valence-corrected chi connectivity index (χ2v) is 7.20. The van der Waals surface area contributed by atoms with Gasteiger partial charge >= 0.3 is 0 Å². The number of carbonyl (C=O) groups excluding carboxylic acids is 1. The third-order valence-corrected chi connectivity index (χ3v) is 5.08. The number of anilines is 1. The Morgan fingerprint density at radius 1 is 1.42 bits per heavy atom. The Morgan fingerprint density at radius 2 is 2.27 bits per heavy atom. The number of hydrogen-bond acceptors (Lipinski definition) is 4. The molecule has 4 rings (SSSR count). The number of aryl methyl sites for hydroxylation is 1. The van der Waals surface area contributed by atoms with Crippen molar-refractivity contribution in [1.82, 2.24) is 15.1 Å². The van der Waals surface area contributed by atoms with Crippen LogP contribution in [0.2, 0.25) is 0 Å². The number of aromatic nitrogens is 2. The van der Waals surface area contributed by atoms with Crippen LogP contribution in [0.15, 0.2) is 30.6 Å². The number of carbonyl (C=O) groups is 1. The lowest BCUT2D eigenvalue weighted by molar-refractivity contribution is -0.119. The highest BCUT2D eigenvalue weighted by Crippen LogP contribution is 2.34. The maximum absolute atomic E-state index is 13.6. The fraction of sp³-hybridized carbons (Fsp3) is 0.474. The van der Waals surface area contributed by atoms with Crippen molar-refractivity contribution in [2.45, 2.75) is 18.8 Å². The lowest BCUT2D eigenvalue weighted by atomic mass is 9.90. The average molecular weight is 358 g/mol. The van der Waals surface area contributed by atoms with E-state index in [1.54, 1.807) is 16.9 Å². The topological polar surface area (TPSA) is 68.2 Å². The molecule has 0 bridgehead atoms. The normalized spacial score (nSPS) is 22.4. The van der Waals surface area contributed by atoms with Crippen molar-refractivity contribution in [3.63, 3.8) is 0 Å². The molecule has 0 unspecified atom stereocenters. The first kappa shape index (κ1) is 17.0. The molecule has 2 aliphatic rings. The van der Waals surface area contributed by atoms with E-state index in [0.717, 1.165) is 24.9 Å². The van der Waals surface area contributed by atoms with E-state index in [-0.39, 0.29) is 23.6 Å². The predicted molar refractivity (Wildman–Crippen MR) is 95.6 cm³/mol. The van der Waals surface area contributed by atoms with E-state index in [1.807, 2.05) is 13.2 Å². The van der Waals surface area contributed by atoms with Crippen molar-refractivity contribution in [3.8, 4) is 5.75 Å². The van der Waals surface area contributed by atoms with Gasteiger partial charge in [0.25, 0.3) is 0 Å². The van der Waals surface area contributed by atoms with Crippen molar-refractivity contribution in [2.75, 3.05) is 25.0 Å². The first-order valence-corrected chi connectivity index (χ1v) is 9.02. The molecule has 1 amide bonds. The number of ether oxygens (including phenoxy) is 1. The van der Waals surface area contributed by atoms with Gasteiger partial charge in [-0.25, -0.2) is 4.39 Å². The quantitative estimate of drug-likeness (QED) is 0.831. The van der Waals surface area contributed by atoms with Gasteiger partial charge in [-0.3, -0.25) is 9.48 Å². The van der Waals surface area contributed by atoms with Gasteiger partial charge in [-0.05, 0) is 36.5 Å². The zero-order valence-corrected chi connectivity index (χ0v) is 14.7. The maximum Gasteiger partial charge on any atom is 0.229 e. The summed E-state index contributed by atoms with van der Waals surface area (Å²) in [6, 6.07) is 4.24. The number of rotatable bonds is 6. The summed E-state index contributed by atoms with van der Waals surface area (Å²) in [5.41, 5.74) is 1.57. The van der Waals surface area contributed by atoms with Crippen molar-refractivity contribution >= 4 is 11.6 Å². The van der Waals surface area contributed by atoms with Crippen LogP contribution in [0, 0.1) is 17.7 Å². The van der Waals surface area contributed by atoms with E-state index in [9.17, 15) is 9.18 Å². The molecule has 26 heavy (non-hydrogen) atoms. The summed E-state index contributed by atoms with van der Waals surface area (Å²) < 4.78 is 21.1. The SMILES string of the molecule is Cn1cc([C@H]2CNC[C@@H]2C(=O)Nc2ccc(F)cc2OCC2CC2)cn1. The number of benzene rings is 1. The Labute approximate surface area is 151 Å². The molecule has 2 atom stereocenters. The highest BCUT2D eigenvalue weighted by Gasteiger charge is 2.35. The monoisotopic (exact) mass is 358 g/mol. The minimum absolute atomic E-state index is 0.0694. The van der Waals surface area contributed by atoms with Gasteiger partial charge in [0.2, 0.25) is 5.91 Å². The molecule has 1 aliphatic carbocycles. The van der Waals surface area contributed by atoms with Gasteiger partial charge in [-0.15, -0.1) is 0 Å². The maximum atomic E-state index is 13.6. The Balaban J connectivity index is 1.48. The minimum Gasteiger partial charge on any atom is -0.491 e. The van der Waals surface area contributed by atoms with Crippen LogP contribution in [0.4, 0.5) is 10.1 Å². The summed E-state index contributed by atoms with van der Waals surface area (Å²) >= 11 is 0. The summed E-state index contributed by atoms with van der Waals surface area (Å²) in [7, 11) is 1.86. The van der Waals surface area contributed by atoms with Crippen LogP contribution in [0.3, 0.4) is 0 Å². The largest absolute Gasteiger partial charge is 0.491 e. The molecule has 6 nitrogen and oxygen atoms in total. The lowest BCUT2D eigenvalue weighted by Crippen LogP contribution is -2.28. The fourth-order valence-corrected chi connectivity index (χ4v) is 3.37. The summed E-state index contributed by atoms with van der Waals surface area (Å²) in [6.45, 7) is 1.90. The Bertz CT molecular complexity index is 803. The molecule has 2 fully saturated rings. The Kier molecular flexibility index (Phi) is 4.63. The van der Waals surface area contributed by atoms with Gasteiger partial charge in [-0.1, -0.05) is 0 Å². The zero-order chi connectivity index (χ0) is 18.1. The molecule has 7 heteroatoms. The number of amides is 1. The molecule has 1 saturated heterocycles. The summed E-state index contributed by atoms with van der Waals surface area (Å²) in [5.74, 6) is 0.349. The molecular formula is C19H23FN4O2. The summed E-state index contributed by atoms with van der Waals surface area (Å²) in [5, 5.41) is 10.4. The predicted octanol–water partition coefficient (Wildman–Crippen LogP) is 2.29. The zero-order valence-electron chi connectivity index (χ0n) is 14.7. The van der Waals surface area contributed by atoms with Crippen LogP contribution < -0.4 is 15.4 Å². The van der Waals surface area contributed by atoms with Crippen molar-refractivity contribution in [2.24, 2.45) is 18.9 Å². The van der Waals surface area contributed by atoms with Crippen molar-refractivity contribution in [3.05, 3.63) is 42.0 Å². The molecule has 2 heterocycles. The fourth-order valence-electron chi connectivity index (χ4n) is 3.37. The number of halogens is 1. The smallest absolute Gasteiger partial charge is 0.229 e. The Hall–Kier alpha value is -2.41. The molecule has 0 radical (unpaired) electrons. The highest BCUT2D eigenvalue weighted by molar-refractivity contribution is 5.95. The van der Waals surface area contributed by atoms with Crippen LogP contribution in [-0.4, -0.2) is 35.4 Å². The van der Waals surface area contributed by atoms with Gasteiger partial charge in [-0.2, -0.15) is 5.10 Å². The van der Waals surface area contributed by atoms with Gasteiger partial charge in [0.15, 0.2) is 0 Å². The molecule has 1 aromatic carbocycles. The van der Waals surface area contributed by atoms with Gasteiger partial charge < -0.3 is 15.4 Å². The molecule has 1 aromatic heterocycles. The van der Waals surface area contributed by atoms with Crippen molar-refractivity contribution < 1.29 is 13.9 Å². The third-order valence-electron chi connectivity index (χ3n) is 5.08. The van der Waals surface area contributed by atoms with E-state index >= 15 is 0 Å². The van der Waals surface area contributed by atoms with Crippen LogP contribution in [0.5, 0.6) is 5.75 Å². The standard InChI is InChI=1S/C19H23FN4O2/c1-24-10-13(7-22-24)15-8-21-9-16(15)19(25)23-17-5-4-14(20)6-18(17)26-11-12-2-3-12/h4-7,10,12,15-16,21H,2-3,8-9,11H2,1H3,(H,23,25)/t15-,16+/m1/s1. The molecule has 2 N–H and O–H groups in total. The number of nitrogens with one attached hydrogen (secondary N) is 2. The van der Waals surface area contributed by atoms with E-state index < -0.39 is 0 Å². The number of nitrogens with zero attached hydrogens (tertiary/aromatic N) is 2. The van der Waals surface area contributed by atoms with E-state index in [2.05, 4.69) is 15.7 Å². The van der Waals surface area contributed by atoms with Crippen LogP contribution in [0.25, 0.3) is 0 Å². The number of hydrogen-bond donors (Lipinski definition) is 2. The highest BCUT2D eigenvalue weighted by atomic mass is 19.1. The summed E-state index contributed by atoms with van der Waals surface area (Å²) in [6.07, 6.45) is 6.05. The first-order chi connectivity index (χ1) is 12.6. The van der Waals surface area contributed by atoms with Gasteiger partial charge in [0.1, 0.15) is 11.6 Å². The van der Waals surface area contributed by atoms with E-state index in [1.165, 1.54) is 12.1 Å². The first-order valence-electron chi connectivity index (χ1n) is 9.02. The van der Waals surface area contributed by atoms with Crippen molar-refractivity contribution in [1.29, 1.82) is 0 Å². The molecule has 0 spiro atoms. The Morgan fingerprint density at radius 3 is 3.00 bits per heavy atom. The van der Waals surface area contributed by atoms with Gasteiger partial charge in [0.05, 0.1) is 24.4 Å². The van der Waals surface area contributed by atoms with E-state index in [4.69, 9.17) is 4.74 Å². The lowest BCUT2D eigenvalue weighted by Gasteiger charge is -2.18. The second-order valence-electron chi connectivity index (χ2n) is 7.20. The molecule has 1 aliphatic heterocycles. The second kappa shape index (κ2) is 7.07.